The number of ether oxygens (including phenoxy) is 3. The van der Waals surface area contributed by atoms with Crippen molar-refractivity contribution in [1.29, 1.82) is 0 Å². The molecule has 0 fully saturated rings. The number of sulfonamides is 1. The summed E-state index contributed by atoms with van der Waals surface area (Å²) in [6.45, 7) is 0.122. The molecule has 24 heavy (non-hydrogen) atoms. The highest BCUT2D eigenvalue weighted by Gasteiger charge is 2.19. The van der Waals surface area contributed by atoms with E-state index in [0.717, 1.165) is 6.07 Å². The van der Waals surface area contributed by atoms with Crippen LogP contribution in [0.1, 0.15) is 10.4 Å². The number of carbonyl (C=O) groups is 1. The Bertz CT molecular complexity index is 910. The predicted molar refractivity (Wildman–Crippen MR) is 84.9 cm³/mol. The highest BCUT2D eigenvalue weighted by atomic mass is 32.2. The molecular formula is C15H14N2O6S. The van der Waals surface area contributed by atoms with Crippen LogP contribution in [0.15, 0.2) is 41.3 Å². The van der Waals surface area contributed by atoms with E-state index in [1.54, 1.807) is 18.2 Å². The molecule has 1 aliphatic heterocycles. The Morgan fingerprint density at radius 2 is 1.92 bits per heavy atom. The molecule has 1 aliphatic rings. The smallest absolute Gasteiger partial charge is 0.259 e. The second-order valence-electron chi connectivity index (χ2n) is 4.93. The minimum Gasteiger partial charge on any atom is -0.496 e. The van der Waals surface area contributed by atoms with E-state index < -0.39 is 15.9 Å². The van der Waals surface area contributed by atoms with Gasteiger partial charge in [-0.3, -0.25) is 4.79 Å². The molecule has 0 aliphatic carbocycles. The van der Waals surface area contributed by atoms with E-state index >= 15 is 0 Å². The van der Waals surface area contributed by atoms with Crippen LogP contribution in [0.4, 0.5) is 5.69 Å². The van der Waals surface area contributed by atoms with E-state index in [2.05, 4.69) is 5.32 Å². The SMILES string of the molecule is COc1ccc(S(N)(=O)=O)cc1C(=O)Nc1ccc2c(c1)OCO2. The second kappa shape index (κ2) is 6.02. The molecule has 3 N–H and O–H groups in total. The van der Waals surface area contributed by atoms with E-state index in [4.69, 9.17) is 19.3 Å². The van der Waals surface area contributed by atoms with Crippen molar-refractivity contribution in [3.05, 3.63) is 42.0 Å². The maximum Gasteiger partial charge on any atom is 0.259 e. The number of nitrogens with two attached hydrogens (primary N) is 1. The summed E-state index contributed by atoms with van der Waals surface area (Å²) in [6, 6.07) is 8.71. The van der Waals surface area contributed by atoms with E-state index in [0.29, 0.717) is 17.2 Å². The zero-order valence-corrected chi connectivity index (χ0v) is 13.4. The maximum absolute atomic E-state index is 12.5. The summed E-state index contributed by atoms with van der Waals surface area (Å²) >= 11 is 0. The van der Waals surface area contributed by atoms with Gasteiger partial charge in [0.15, 0.2) is 11.5 Å². The van der Waals surface area contributed by atoms with Gasteiger partial charge >= 0.3 is 0 Å². The lowest BCUT2D eigenvalue weighted by Crippen LogP contribution is -2.16. The molecule has 0 bridgehead atoms. The number of carbonyl (C=O) groups excluding carboxylic acids is 1. The van der Waals surface area contributed by atoms with E-state index in [-0.39, 0.29) is 23.0 Å². The first-order valence-electron chi connectivity index (χ1n) is 6.80. The van der Waals surface area contributed by atoms with Crippen LogP contribution in [0.25, 0.3) is 0 Å². The zero-order valence-electron chi connectivity index (χ0n) is 12.6. The number of hydrogen-bond donors (Lipinski definition) is 2. The molecule has 0 spiro atoms. The molecule has 0 unspecified atom stereocenters. The van der Waals surface area contributed by atoms with Crippen molar-refractivity contribution in [2.75, 3.05) is 19.2 Å². The Hall–Kier alpha value is -2.78. The van der Waals surface area contributed by atoms with E-state index in [1.807, 2.05) is 0 Å². The van der Waals surface area contributed by atoms with Crippen LogP contribution in [-0.2, 0) is 10.0 Å². The Balaban J connectivity index is 1.91. The fourth-order valence-corrected chi connectivity index (χ4v) is 2.75. The topological polar surface area (TPSA) is 117 Å². The largest absolute Gasteiger partial charge is 0.496 e. The highest BCUT2D eigenvalue weighted by molar-refractivity contribution is 7.89. The minimum absolute atomic E-state index is 0.0432. The van der Waals surface area contributed by atoms with Crippen LogP contribution in [0, 0.1) is 0 Å². The van der Waals surface area contributed by atoms with E-state index in [9.17, 15) is 13.2 Å². The molecule has 1 heterocycles. The van der Waals surface area contributed by atoms with Crippen LogP contribution in [-0.4, -0.2) is 28.2 Å². The third kappa shape index (κ3) is 3.12. The molecule has 2 aromatic rings. The molecule has 126 valence electrons. The van der Waals surface area contributed by atoms with Gasteiger partial charge in [-0.05, 0) is 30.3 Å². The number of hydrogen-bond acceptors (Lipinski definition) is 6. The van der Waals surface area contributed by atoms with Gasteiger partial charge in [-0.25, -0.2) is 13.6 Å². The molecule has 8 nitrogen and oxygen atoms in total. The number of anilines is 1. The Kier molecular flexibility index (Phi) is 4.04. The molecule has 1 amide bonds. The molecule has 3 rings (SSSR count). The molecular weight excluding hydrogens is 336 g/mol. The monoisotopic (exact) mass is 350 g/mol. The average Bonchev–Trinajstić information content (AvgIpc) is 3.01. The van der Waals surface area contributed by atoms with Crippen molar-refractivity contribution in [2.45, 2.75) is 4.90 Å². The number of benzene rings is 2. The van der Waals surface area contributed by atoms with Crippen molar-refractivity contribution < 1.29 is 27.4 Å². The molecule has 0 radical (unpaired) electrons. The number of fused-ring (bicyclic) bond motifs is 1. The van der Waals surface area contributed by atoms with Gasteiger partial charge in [-0.1, -0.05) is 0 Å². The standard InChI is InChI=1S/C15H14N2O6S/c1-21-12-5-3-10(24(16,19)20)7-11(12)15(18)17-9-2-4-13-14(6-9)23-8-22-13/h2-7H,8H2,1H3,(H,17,18)(H2,16,19,20). The maximum atomic E-state index is 12.5. The zero-order chi connectivity index (χ0) is 17.3. The fourth-order valence-electron chi connectivity index (χ4n) is 2.21. The number of amides is 1. The van der Waals surface area contributed by atoms with Crippen molar-refractivity contribution in [3.63, 3.8) is 0 Å². The lowest BCUT2D eigenvalue weighted by atomic mass is 10.1. The lowest BCUT2D eigenvalue weighted by molar-refractivity contribution is 0.102. The Labute approximate surface area is 138 Å². The number of primary sulfonamides is 1. The van der Waals surface area contributed by atoms with Gasteiger partial charge in [0.05, 0.1) is 17.6 Å². The first-order chi connectivity index (χ1) is 11.4. The quantitative estimate of drug-likeness (QED) is 0.859. The summed E-state index contributed by atoms with van der Waals surface area (Å²) in [7, 11) is -2.56. The number of methoxy groups -OCH3 is 1. The van der Waals surface area contributed by atoms with Gasteiger partial charge < -0.3 is 19.5 Å². The molecule has 0 atom stereocenters. The molecule has 9 heteroatoms. The summed E-state index contributed by atoms with van der Waals surface area (Å²) in [5.74, 6) is 0.775. The summed E-state index contributed by atoms with van der Waals surface area (Å²) in [4.78, 5) is 12.3. The van der Waals surface area contributed by atoms with Gasteiger partial charge in [0.2, 0.25) is 16.8 Å². The Morgan fingerprint density at radius 3 is 2.62 bits per heavy atom. The van der Waals surface area contributed by atoms with Gasteiger partial charge in [0.1, 0.15) is 5.75 Å². The van der Waals surface area contributed by atoms with Crippen LogP contribution < -0.4 is 24.7 Å². The molecule has 0 saturated carbocycles. The molecule has 2 aromatic carbocycles. The van der Waals surface area contributed by atoms with Gasteiger partial charge in [0, 0.05) is 11.8 Å². The minimum atomic E-state index is -3.94. The first kappa shape index (κ1) is 16.1. The van der Waals surface area contributed by atoms with Crippen LogP contribution >= 0.6 is 0 Å². The van der Waals surface area contributed by atoms with Crippen molar-refractivity contribution in [2.24, 2.45) is 5.14 Å². The summed E-state index contributed by atoms with van der Waals surface area (Å²) in [5.41, 5.74) is 0.508. The van der Waals surface area contributed by atoms with Gasteiger partial charge in [-0.15, -0.1) is 0 Å². The lowest BCUT2D eigenvalue weighted by Gasteiger charge is -2.11. The van der Waals surface area contributed by atoms with Crippen molar-refractivity contribution >= 4 is 21.6 Å². The average molecular weight is 350 g/mol. The summed E-state index contributed by atoms with van der Waals surface area (Å²) in [5, 5.41) is 7.75. The number of rotatable bonds is 4. The fraction of sp³-hybridized carbons (Fsp3) is 0.133. The predicted octanol–water partition coefficient (Wildman–Crippen LogP) is 1.32. The third-order valence-electron chi connectivity index (χ3n) is 3.37. The second-order valence-corrected chi connectivity index (χ2v) is 6.49. The van der Waals surface area contributed by atoms with Crippen LogP contribution in [0.3, 0.4) is 0 Å². The van der Waals surface area contributed by atoms with Crippen molar-refractivity contribution in [3.8, 4) is 17.2 Å². The normalized spacial score (nSPS) is 12.8. The van der Waals surface area contributed by atoms with Crippen LogP contribution in [0.5, 0.6) is 17.2 Å². The van der Waals surface area contributed by atoms with E-state index in [1.165, 1.54) is 19.2 Å². The van der Waals surface area contributed by atoms with Gasteiger partial charge in [-0.2, -0.15) is 0 Å². The molecule has 0 saturated heterocycles. The van der Waals surface area contributed by atoms with Crippen molar-refractivity contribution in [1.82, 2.24) is 0 Å². The summed E-state index contributed by atoms with van der Waals surface area (Å²) < 4.78 is 38.5. The third-order valence-corrected chi connectivity index (χ3v) is 4.29. The summed E-state index contributed by atoms with van der Waals surface area (Å²) in [6.07, 6.45) is 0. The number of nitrogens with one attached hydrogen (secondary N) is 1. The molecule has 0 aromatic heterocycles. The first-order valence-corrected chi connectivity index (χ1v) is 8.35. The Morgan fingerprint density at radius 1 is 1.17 bits per heavy atom. The highest BCUT2D eigenvalue weighted by Crippen LogP contribution is 2.34. The van der Waals surface area contributed by atoms with Gasteiger partial charge in [0.25, 0.3) is 5.91 Å². The van der Waals surface area contributed by atoms with Crippen LogP contribution in [0.2, 0.25) is 0 Å².